The number of nitrogens with one attached hydrogen (secondary N) is 1. The minimum Gasteiger partial charge on any atom is -0.396 e. The molecular formula is C38H43F6N3O6. The van der Waals surface area contributed by atoms with Gasteiger partial charge in [-0.05, 0) is 48.4 Å². The minimum absolute atomic E-state index is 0.0931. The first-order chi connectivity index (χ1) is 25.1. The van der Waals surface area contributed by atoms with E-state index < -0.39 is 109 Å². The molecule has 3 amide bonds. The number of piperazine rings is 1. The predicted octanol–water partition coefficient (Wildman–Crippen LogP) is 4.55. The third kappa shape index (κ3) is 5.69. The van der Waals surface area contributed by atoms with E-state index in [0.29, 0.717) is 4.90 Å². The number of hydrogen-bond donors (Lipinski definition) is 5. The van der Waals surface area contributed by atoms with Crippen LogP contribution in [0.4, 0.5) is 31.1 Å². The molecule has 2 aliphatic heterocycles. The molecular weight excluding hydrogens is 708 g/mol. The number of urea groups is 1. The minimum atomic E-state index is -5.56. The van der Waals surface area contributed by atoms with E-state index in [9.17, 15) is 30.0 Å². The lowest BCUT2D eigenvalue weighted by molar-refractivity contribution is -0.278. The van der Waals surface area contributed by atoms with Gasteiger partial charge in [0, 0.05) is 26.8 Å². The van der Waals surface area contributed by atoms with E-state index in [1.54, 1.807) is 0 Å². The Hall–Kier alpha value is -4.18. The highest BCUT2D eigenvalue weighted by Crippen LogP contribution is 2.66. The van der Waals surface area contributed by atoms with Crippen molar-refractivity contribution in [2.45, 2.75) is 67.0 Å². The highest BCUT2D eigenvalue weighted by atomic mass is 19.4. The second kappa shape index (κ2) is 14.6. The van der Waals surface area contributed by atoms with E-state index in [4.69, 9.17) is 0 Å². The summed E-state index contributed by atoms with van der Waals surface area (Å²) in [4.78, 5) is 30.9. The number of carbonyl (C=O) groups is 2. The summed E-state index contributed by atoms with van der Waals surface area (Å²) in [7, 11) is 1.05. The summed E-state index contributed by atoms with van der Waals surface area (Å²) in [5.41, 5.74) is -13.5. The number of amides is 3. The van der Waals surface area contributed by atoms with Crippen molar-refractivity contribution in [2.75, 3.05) is 40.0 Å². The average Bonchev–Trinajstić information content (AvgIpc) is 3.39. The Balaban J connectivity index is 2.13. The van der Waals surface area contributed by atoms with Crippen LogP contribution in [-0.4, -0.2) is 107 Å². The van der Waals surface area contributed by atoms with Gasteiger partial charge in [0.15, 0.2) is 0 Å². The highest BCUT2D eigenvalue weighted by molar-refractivity contribution is 5.88. The van der Waals surface area contributed by atoms with Crippen LogP contribution in [0.15, 0.2) is 84.9 Å². The Labute approximate surface area is 302 Å². The van der Waals surface area contributed by atoms with E-state index in [1.807, 2.05) is 0 Å². The van der Waals surface area contributed by atoms with Crippen molar-refractivity contribution < 1.29 is 56.4 Å². The summed E-state index contributed by atoms with van der Waals surface area (Å²) in [6.45, 7) is -4.47. The van der Waals surface area contributed by atoms with E-state index in [-0.39, 0.29) is 24.0 Å². The van der Waals surface area contributed by atoms with Crippen LogP contribution in [0, 0.1) is 12.3 Å². The summed E-state index contributed by atoms with van der Waals surface area (Å²) >= 11 is 0. The molecule has 15 heteroatoms. The summed E-state index contributed by atoms with van der Waals surface area (Å²) < 4.78 is 98.7. The molecule has 0 aromatic heterocycles. The standard InChI is InChI=1S/C38H43F6N3O6/c1-25-11-9-10-16-28(25)36(35(24-51,38(42,43)44)27-14-7-4-8-15-27)29-21-33(17-19-48,18-20-49)31(52)46(29)22-30(47(36)32(53)45-2)34(23-50,37(39,40)41)26-12-5-3-6-13-26/h3-16,29-30,48-51H,17-24H2,1-2H3,(H,45,53). The maximum absolute atomic E-state index is 16.8. The number of aliphatic hydroxyl groups excluding tert-OH is 4. The molecule has 2 aliphatic rings. The zero-order valence-electron chi connectivity index (χ0n) is 29.2. The van der Waals surface area contributed by atoms with E-state index >= 15 is 26.3 Å². The number of alkyl halides is 6. The largest absolute Gasteiger partial charge is 0.403 e. The van der Waals surface area contributed by atoms with Gasteiger partial charge in [-0.2, -0.15) is 26.3 Å². The quantitative estimate of drug-likeness (QED) is 0.183. The Morgan fingerprint density at radius 2 is 1.32 bits per heavy atom. The molecule has 2 heterocycles. The molecule has 0 bridgehead atoms. The van der Waals surface area contributed by atoms with Crippen LogP contribution in [-0.2, 0) is 21.2 Å². The van der Waals surface area contributed by atoms with Gasteiger partial charge >= 0.3 is 18.4 Å². The zero-order chi connectivity index (χ0) is 39.0. The predicted molar refractivity (Wildman–Crippen MR) is 181 cm³/mol. The molecule has 0 spiro atoms. The monoisotopic (exact) mass is 751 g/mol. The SMILES string of the molecule is CNC(=O)N1C(C(CO)(c2ccccc2)C(F)(F)F)CN2C(=O)C(CCO)(CCO)CC2C1(c1ccccc1C)C(CO)(c1ccccc1)C(F)(F)F. The van der Waals surface area contributed by atoms with Gasteiger partial charge in [0.2, 0.25) is 5.91 Å². The average molecular weight is 752 g/mol. The normalized spacial score (nSPS) is 24.0. The molecule has 9 nitrogen and oxygen atoms in total. The van der Waals surface area contributed by atoms with Crippen LogP contribution in [0.3, 0.4) is 0 Å². The first-order valence-corrected chi connectivity index (χ1v) is 17.1. The van der Waals surface area contributed by atoms with Crippen LogP contribution < -0.4 is 5.32 Å². The third-order valence-corrected chi connectivity index (χ3v) is 11.6. The summed E-state index contributed by atoms with van der Waals surface area (Å²) in [5.74, 6) is -0.936. The fourth-order valence-corrected chi connectivity index (χ4v) is 9.26. The van der Waals surface area contributed by atoms with Crippen LogP contribution in [0.25, 0.3) is 0 Å². The highest BCUT2D eigenvalue weighted by Gasteiger charge is 2.80. The van der Waals surface area contributed by atoms with E-state index in [2.05, 4.69) is 5.32 Å². The molecule has 0 saturated carbocycles. The van der Waals surface area contributed by atoms with E-state index in [0.717, 1.165) is 36.2 Å². The first-order valence-electron chi connectivity index (χ1n) is 17.1. The van der Waals surface area contributed by atoms with Crippen LogP contribution in [0.1, 0.15) is 41.5 Å². The fraction of sp³-hybridized carbons (Fsp3) is 0.474. The van der Waals surface area contributed by atoms with Crippen molar-refractivity contribution in [1.82, 2.24) is 15.1 Å². The molecule has 3 aromatic rings. The molecule has 53 heavy (non-hydrogen) atoms. The maximum atomic E-state index is 16.8. The Kier molecular flexibility index (Phi) is 11.0. The van der Waals surface area contributed by atoms with Gasteiger partial charge < -0.3 is 35.5 Å². The van der Waals surface area contributed by atoms with Gasteiger partial charge in [0.05, 0.1) is 30.7 Å². The van der Waals surface area contributed by atoms with Gasteiger partial charge in [-0.3, -0.25) is 4.79 Å². The van der Waals surface area contributed by atoms with Crippen LogP contribution >= 0.6 is 0 Å². The molecule has 5 unspecified atom stereocenters. The lowest BCUT2D eigenvalue weighted by atomic mass is 9.53. The fourth-order valence-electron chi connectivity index (χ4n) is 9.26. The van der Waals surface area contributed by atoms with E-state index in [1.165, 1.54) is 67.6 Å². The molecule has 288 valence electrons. The number of nitrogens with zero attached hydrogens (tertiary/aromatic N) is 2. The molecule has 5 rings (SSSR count). The van der Waals surface area contributed by atoms with Crippen molar-refractivity contribution >= 4 is 11.9 Å². The molecule has 0 radical (unpaired) electrons. The van der Waals surface area contributed by atoms with Gasteiger partial charge in [-0.25, -0.2) is 4.79 Å². The van der Waals surface area contributed by atoms with Gasteiger partial charge in [0.25, 0.3) is 0 Å². The Bertz CT molecular complexity index is 1760. The summed E-state index contributed by atoms with van der Waals surface area (Å²) in [5, 5.41) is 45.3. The second-order valence-corrected chi connectivity index (χ2v) is 13.8. The number of carbonyl (C=O) groups excluding carboxylic acids is 2. The maximum Gasteiger partial charge on any atom is 0.403 e. The number of aliphatic hydroxyl groups is 4. The second-order valence-electron chi connectivity index (χ2n) is 13.8. The molecule has 0 aliphatic carbocycles. The third-order valence-electron chi connectivity index (χ3n) is 11.6. The number of rotatable bonds is 11. The number of fused-ring (bicyclic) bond motifs is 1. The van der Waals surface area contributed by atoms with Crippen LogP contribution in [0.2, 0.25) is 0 Å². The van der Waals surface area contributed by atoms with Crippen molar-refractivity contribution in [3.63, 3.8) is 0 Å². The number of benzene rings is 3. The van der Waals surface area contributed by atoms with Crippen LogP contribution in [0.5, 0.6) is 0 Å². The Morgan fingerprint density at radius 1 is 0.792 bits per heavy atom. The Morgan fingerprint density at radius 3 is 1.77 bits per heavy atom. The van der Waals surface area contributed by atoms with Gasteiger partial charge in [-0.1, -0.05) is 84.9 Å². The summed E-state index contributed by atoms with van der Waals surface area (Å²) in [6, 6.07) is 11.9. The lowest BCUT2D eigenvalue weighted by Crippen LogP contribution is -2.83. The molecule has 5 N–H and O–H groups in total. The van der Waals surface area contributed by atoms with Crippen molar-refractivity contribution in [3.05, 3.63) is 107 Å². The molecule has 5 atom stereocenters. The molecule has 2 saturated heterocycles. The summed E-state index contributed by atoms with van der Waals surface area (Å²) in [6.07, 6.45) is -12.3. The van der Waals surface area contributed by atoms with Crippen molar-refractivity contribution in [2.24, 2.45) is 5.41 Å². The lowest BCUT2D eigenvalue weighted by Gasteiger charge is -2.66. The van der Waals surface area contributed by atoms with Gasteiger partial charge in [0.1, 0.15) is 16.4 Å². The molecule has 3 aromatic carbocycles. The first kappa shape index (κ1) is 40.0. The van der Waals surface area contributed by atoms with Gasteiger partial charge in [-0.15, -0.1) is 0 Å². The number of halogens is 6. The molecule has 2 fully saturated rings. The van der Waals surface area contributed by atoms with Crippen molar-refractivity contribution in [1.29, 1.82) is 0 Å². The topological polar surface area (TPSA) is 134 Å². The van der Waals surface area contributed by atoms with Crippen molar-refractivity contribution in [3.8, 4) is 0 Å². The number of aryl methyl sites for hydroxylation is 1. The zero-order valence-corrected chi connectivity index (χ0v) is 29.2. The number of hydrogen-bond acceptors (Lipinski definition) is 6. The smallest absolute Gasteiger partial charge is 0.396 e.